The van der Waals surface area contributed by atoms with Gasteiger partial charge in [-0.2, -0.15) is 0 Å². The monoisotopic (exact) mass is 469 g/mol. The second-order valence-electron chi connectivity index (χ2n) is 6.56. The van der Waals surface area contributed by atoms with Crippen molar-refractivity contribution in [2.75, 3.05) is 10.2 Å². The molecule has 29 heavy (non-hydrogen) atoms. The van der Waals surface area contributed by atoms with Gasteiger partial charge in [0, 0.05) is 40.4 Å². The molecule has 0 bridgehead atoms. The first kappa shape index (κ1) is 19.5. The molecule has 1 aliphatic rings. The molecule has 1 N–H and O–H groups in total. The molecule has 4 rings (SSSR count). The fourth-order valence-corrected chi connectivity index (χ4v) is 4.18. The number of rotatable bonds is 5. The van der Waals surface area contributed by atoms with E-state index >= 15 is 0 Å². The molecule has 3 amide bonds. The lowest BCUT2D eigenvalue weighted by molar-refractivity contribution is -0.121. The molecule has 3 aromatic rings. The van der Waals surface area contributed by atoms with Gasteiger partial charge in [0.05, 0.1) is 5.69 Å². The zero-order valence-electron chi connectivity index (χ0n) is 15.2. The summed E-state index contributed by atoms with van der Waals surface area (Å²) in [4.78, 5) is 42.9. The Kier molecular flexibility index (Phi) is 5.55. The highest BCUT2D eigenvalue weighted by Gasteiger charge is 2.30. The van der Waals surface area contributed by atoms with Crippen LogP contribution in [0.2, 0.25) is 0 Å². The number of hydrogen-bond donors (Lipinski definition) is 1. The van der Waals surface area contributed by atoms with Gasteiger partial charge in [0.25, 0.3) is 5.91 Å². The number of nitrogens with one attached hydrogen (secondary N) is 1. The summed E-state index contributed by atoms with van der Waals surface area (Å²) >= 11 is 4.83. The van der Waals surface area contributed by atoms with Crippen LogP contribution in [0.4, 0.5) is 10.8 Å². The molecule has 1 aromatic heterocycles. The molecule has 1 aliphatic heterocycles. The van der Waals surface area contributed by atoms with Crippen LogP contribution in [-0.2, 0) is 16.0 Å². The van der Waals surface area contributed by atoms with E-state index in [2.05, 4.69) is 26.2 Å². The normalized spacial score (nSPS) is 13.8. The van der Waals surface area contributed by atoms with Gasteiger partial charge in [0.2, 0.25) is 11.8 Å². The van der Waals surface area contributed by atoms with Crippen LogP contribution < -0.4 is 10.2 Å². The highest BCUT2D eigenvalue weighted by atomic mass is 79.9. The minimum absolute atomic E-state index is 0.204. The summed E-state index contributed by atoms with van der Waals surface area (Å²) in [5, 5.41) is 3.29. The van der Waals surface area contributed by atoms with E-state index in [1.165, 1.54) is 11.3 Å². The lowest BCUT2D eigenvalue weighted by atomic mass is 10.1. The Hall–Kier alpha value is -2.84. The molecule has 1 saturated heterocycles. The molecule has 146 valence electrons. The minimum Gasteiger partial charge on any atom is -0.298 e. The largest absolute Gasteiger partial charge is 0.298 e. The van der Waals surface area contributed by atoms with E-state index in [0.717, 1.165) is 26.2 Å². The van der Waals surface area contributed by atoms with Crippen molar-refractivity contribution in [1.29, 1.82) is 0 Å². The maximum Gasteiger partial charge on any atom is 0.257 e. The molecule has 0 spiro atoms. The zero-order chi connectivity index (χ0) is 20.4. The van der Waals surface area contributed by atoms with Crippen molar-refractivity contribution >= 4 is 55.8 Å². The lowest BCUT2D eigenvalue weighted by Crippen LogP contribution is -2.28. The Bertz CT molecular complexity index is 1080. The first-order valence-electron chi connectivity index (χ1n) is 8.96. The van der Waals surface area contributed by atoms with Crippen LogP contribution in [0.3, 0.4) is 0 Å². The molecule has 2 aromatic carbocycles. The van der Waals surface area contributed by atoms with E-state index in [9.17, 15) is 14.4 Å². The number of carbonyl (C=O) groups is 3. The van der Waals surface area contributed by atoms with Gasteiger partial charge in [0.15, 0.2) is 5.13 Å². The third-order valence-corrected chi connectivity index (χ3v) is 5.93. The van der Waals surface area contributed by atoms with Gasteiger partial charge in [-0.1, -0.05) is 34.1 Å². The Labute approximate surface area is 179 Å². The van der Waals surface area contributed by atoms with Crippen LogP contribution >= 0.6 is 27.3 Å². The molecular formula is C21H16BrN3O3S. The third-order valence-electron chi connectivity index (χ3n) is 4.48. The van der Waals surface area contributed by atoms with E-state index in [1.54, 1.807) is 30.5 Å². The number of imide groups is 1. The summed E-state index contributed by atoms with van der Waals surface area (Å²) in [6, 6.07) is 14.5. The second-order valence-corrected chi connectivity index (χ2v) is 8.59. The van der Waals surface area contributed by atoms with Crippen molar-refractivity contribution in [2.24, 2.45) is 0 Å². The van der Waals surface area contributed by atoms with E-state index in [4.69, 9.17) is 0 Å². The van der Waals surface area contributed by atoms with E-state index in [-0.39, 0.29) is 30.6 Å². The Morgan fingerprint density at radius 2 is 1.83 bits per heavy atom. The van der Waals surface area contributed by atoms with Gasteiger partial charge < -0.3 is 0 Å². The summed E-state index contributed by atoms with van der Waals surface area (Å²) in [6.45, 7) is 0. The molecule has 0 unspecified atom stereocenters. The predicted octanol–water partition coefficient (Wildman–Crippen LogP) is 4.40. The summed E-state index contributed by atoms with van der Waals surface area (Å²) in [5.74, 6) is -0.828. The van der Waals surface area contributed by atoms with E-state index < -0.39 is 0 Å². The smallest absolute Gasteiger partial charge is 0.257 e. The summed E-state index contributed by atoms with van der Waals surface area (Å²) in [6.07, 6.45) is 2.89. The van der Waals surface area contributed by atoms with Gasteiger partial charge in [-0.15, -0.1) is 11.3 Å². The quantitative estimate of drug-likeness (QED) is 0.561. The topological polar surface area (TPSA) is 79.4 Å². The van der Waals surface area contributed by atoms with Gasteiger partial charge in [-0.3, -0.25) is 24.6 Å². The fraction of sp³-hybridized carbons (Fsp3) is 0.143. The molecule has 8 heteroatoms. The molecule has 0 aliphatic carbocycles. The average Bonchev–Trinajstić information content (AvgIpc) is 3.29. The number of benzene rings is 2. The number of carbonyl (C=O) groups excluding carboxylic acids is 3. The van der Waals surface area contributed by atoms with Gasteiger partial charge in [-0.25, -0.2) is 4.98 Å². The maximum absolute atomic E-state index is 12.6. The minimum atomic E-state index is -0.338. The third kappa shape index (κ3) is 4.44. The number of thiazole rings is 1. The van der Waals surface area contributed by atoms with Crippen molar-refractivity contribution < 1.29 is 14.4 Å². The number of amides is 3. The standard InChI is InChI=1S/C21H16BrN3O3S/c22-15-6-4-13(5-7-15)10-17-12-23-21(29-17)24-20(28)14-2-1-3-16(11-14)25-18(26)8-9-19(25)27/h1-7,11-12H,8-10H2,(H,23,24,28). The highest BCUT2D eigenvalue weighted by molar-refractivity contribution is 9.10. The van der Waals surface area contributed by atoms with Crippen LogP contribution in [0.25, 0.3) is 0 Å². The SMILES string of the molecule is O=C(Nc1ncc(Cc2ccc(Br)cc2)s1)c1cccc(N2C(=O)CCC2=O)c1. The van der Waals surface area contributed by atoms with Crippen molar-refractivity contribution in [3.63, 3.8) is 0 Å². The van der Waals surface area contributed by atoms with Crippen molar-refractivity contribution in [2.45, 2.75) is 19.3 Å². The molecule has 0 saturated carbocycles. The van der Waals surface area contributed by atoms with Gasteiger partial charge in [-0.05, 0) is 35.9 Å². The number of hydrogen-bond acceptors (Lipinski definition) is 5. The van der Waals surface area contributed by atoms with Crippen molar-refractivity contribution in [3.05, 3.63) is 75.2 Å². The zero-order valence-corrected chi connectivity index (χ0v) is 17.6. The van der Waals surface area contributed by atoms with Crippen LogP contribution in [0.15, 0.2) is 59.2 Å². The van der Waals surface area contributed by atoms with Crippen molar-refractivity contribution in [3.8, 4) is 0 Å². The lowest BCUT2D eigenvalue weighted by Gasteiger charge is -2.14. The molecular weight excluding hydrogens is 454 g/mol. The Morgan fingerprint density at radius 3 is 2.55 bits per heavy atom. The number of anilines is 2. The fourth-order valence-electron chi connectivity index (χ4n) is 3.07. The second kappa shape index (κ2) is 8.26. The predicted molar refractivity (Wildman–Crippen MR) is 115 cm³/mol. The van der Waals surface area contributed by atoms with Crippen LogP contribution in [0.1, 0.15) is 33.6 Å². The highest BCUT2D eigenvalue weighted by Crippen LogP contribution is 2.25. The number of aromatic nitrogens is 1. The van der Waals surface area contributed by atoms with Gasteiger partial charge in [0.1, 0.15) is 0 Å². The Balaban J connectivity index is 1.45. The number of nitrogens with zero attached hydrogens (tertiary/aromatic N) is 2. The van der Waals surface area contributed by atoms with Crippen LogP contribution in [-0.4, -0.2) is 22.7 Å². The van der Waals surface area contributed by atoms with Crippen LogP contribution in [0, 0.1) is 0 Å². The average molecular weight is 470 g/mol. The van der Waals surface area contributed by atoms with Crippen molar-refractivity contribution in [1.82, 2.24) is 4.98 Å². The number of halogens is 1. The Morgan fingerprint density at radius 1 is 1.10 bits per heavy atom. The molecule has 6 nitrogen and oxygen atoms in total. The molecule has 0 atom stereocenters. The first-order valence-corrected chi connectivity index (χ1v) is 10.6. The van der Waals surface area contributed by atoms with Gasteiger partial charge >= 0.3 is 0 Å². The molecule has 2 heterocycles. The molecule has 1 fully saturated rings. The summed E-state index contributed by atoms with van der Waals surface area (Å²) in [5.41, 5.74) is 1.93. The maximum atomic E-state index is 12.6. The van der Waals surface area contributed by atoms with E-state index in [1.807, 2.05) is 24.3 Å². The molecule has 0 radical (unpaired) electrons. The summed E-state index contributed by atoms with van der Waals surface area (Å²) in [7, 11) is 0. The van der Waals surface area contributed by atoms with E-state index in [0.29, 0.717) is 16.4 Å². The summed E-state index contributed by atoms with van der Waals surface area (Å²) < 4.78 is 1.03. The first-order chi connectivity index (χ1) is 14.0. The van der Waals surface area contributed by atoms with Crippen LogP contribution in [0.5, 0.6) is 0 Å².